The van der Waals surface area contributed by atoms with E-state index in [2.05, 4.69) is 5.32 Å². The molecule has 1 N–H and O–H groups in total. The quantitative estimate of drug-likeness (QED) is 0.304. The van der Waals surface area contributed by atoms with Crippen molar-refractivity contribution in [1.29, 1.82) is 0 Å². The molecule has 1 unspecified atom stereocenters. The van der Waals surface area contributed by atoms with E-state index < -0.39 is 5.25 Å². The van der Waals surface area contributed by atoms with E-state index in [1.807, 2.05) is 74.5 Å². The first-order valence-corrected chi connectivity index (χ1v) is 14.2. The van der Waals surface area contributed by atoms with Gasteiger partial charge in [-0.05, 0) is 47.9 Å². The fourth-order valence-corrected chi connectivity index (χ4v) is 5.87. The van der Waals surface area contributed by atoms with Crippen LogP contribution in [-0.4, -0.2) is 47.5 Å². The fourth-order valence-electron chi connectivity index (χ4n) is 4.68. The molecule has 0 saturated heterocycles. The fraction of sp³-hybridized carbons (Fsp3) is 0.258. The maximum atomic E-state index is 14.5. The minimum Gasteiger partial charge on any atom is -0.497 e. The number of methoxy groups -OCH3 is 1. The Kier molecular flexibility index (Phi) is 8.21. The third-order valence-corrected chi connectivity index (χ3v) is 7.87. The summed E-state index contributed by atoms with van der Waals surface area (Å²) in [5.41, 5.74) is 3.68. The van der Waals surface area contributed by atoms with Gasteiger partial charge in [-0.25, -0.2) is 9.07 Å². The second-order valence-corrected chi connectivity index (χ2v) is 11.1. The number of aromatic nitrogens is 2. The Morgan fingerprint density at radius 3 is 2.52 bits per heavy atom. The molecule has 1 aromatic heterocycles. The number of halogens is 1. The first-order chi connectivity index (χ1) is 19.4. The lowest BCUT2D eigenvalue weighted by atomic mass is 9.99. The van der Waals surface area contributed by atoms with Gasteiger partial charge in [0.05, 0.1) is 29.5 Å². The maximum absolute atomic E-state index is 14.5. The average Bonchev–Trinajstić information content (AvgIpc) is 3.29. The van der Waals surface area contributed by atoms with Crippen LogP contribution in [0.4, 0.5) is 10.2 Å². The molecule has 0 bridgehead atoms. The summed E-state index contributed by atoms with van der Waals surface area (Å²) in [4.78, 5) is 28.3. The molecular weight excluding hydrogens is 527 g/mol. The minimum atomic E-state index is -0.402. The summed E-state index contributed by atoms with van der Waals surface area (Å²) in [5, 5.41) is 7.56. The van der Waals surface area contributed by atoms with Crippen LogP contribution in [-0.2, 0) is 9.59 Å². The van der Waals surface area contributed by atoms with Gasteiger partial charge in [0.15, 0.2) is 0 Å². The lowest BCUT2D eigenvalue weighted by Gasteiger charge is -2.23. The third kappa shape index (κ3) is 5.74. The largest absolute Gasteiger partial charge is 0.497 e. The Bertz CT molecular complexity index is 1510. The number of carbonyl (C=O) groups excluding carboxylic acids is 2. The van der Waals surface area contributed by atoms with Gasteiger partial charge in [0.2, 0.25) is 11.8 Å². The lowest BCUT2D eigenvalue weighted by Crippen LogP contribution is -2.43. The number of ether oxygens (including phenoxy) is 1. The number of rotatable bonds is 8. The minimum absolute atomic E-state index is 0.115. The number of fused-ring (bicyclic) bond motifs is 1. The standard InChI is InChI=1S/C31H31FN4O3S/c1-20(2)17-33-26(37)18-35-27(38)19-40-30(22-10-7-11-23(32)16-22)28-29(21-8-5-4-6-9-21)34-36(31(28)35)24-12-14-25(39-3)15-13-24/h4-16,20,30H,17-19H2,1-3H3,(H,33,37). The summed E-state index contributed by atoms with van der Waals surface area (Å²) in [6.45, 7) is 4.37. The van der Waals surface area contributed by atoms with E-state index in [4.69, 9.17) is 9.84 Å². The Balaban J connectivity index is 1.76. The molecule has 0 fully saturated rings. The number of hydrogen-bond donors (Lipinski definition) is 1. The number of amides is 2. The second-order valence-electron chi connectivity index (χ2n) is 9.99. The van der Waals surface area contributed by atoms with E-state index in [-0.39, 0.29) is 35.8 Å². The van der Waals surface area contributed by atoms with Crippen molar-refractivity contribution in [2.45, 2.75) is 19.1 Å². The Morgan fingerprint density at radius 1 is 1.10 bits per heavy atom. The highest BCUT2D eigenvalue weighted by molar-refractivity contribution is 8.00. The molecule has 206 valence electrons. The van der Waals surface area contributed by atoms with Crippen LogP contribution in [0.1, 0.15) is 30.2 Å². The monoisotopic (exact) mass is 558 g/mol. The number of hydrogen-bond acceptors (Lipinski definition) is 5. The number of nitrogens with zero attached hydrogens (tertiary/aromatic N) is 3. The van der Waals surface area contributed by atoms with Gasteiger partial charge >= 0.3 is 0 Å². The van der Waals surface area contributed by atoms with Crippen LogP contribution in [0.15, 0.2) is 78.9 Å². The van der Waals surface area contributed by atoms with Crippen molar-refractivity contribution < 1.29 is 18.7 Å². The molecule has 0 saturated carbocycles. The molecule has 2 amide bonds. The van der Waals surface area contributed by atoms with Crippen molar-refractivity contribution in [2.24, 2.45) is 5.92 Å². The number of anilines is 1. The van der Waals surface area contributed by atoms with E-state index in [0.717, 1.165) is 16.7 Å². The molecule has 3 aromatic carbocycles. The van der Waals surface area contributed by atoms with E-state index in [1.165, 1.54) is 28.8 Å². The molecule has 0 aliphatic carbocycles. The van der Waals surface area contributed by atoms with Gasteiger partial charge < -0.3 is 10.1 Å². The normalized spacial score (nSPS) is 15.1. The predicted octanol–water partition coefficient (Wildman–Crippen LogP) is 5.63. The molecule has 1 aliphatic heterocycles. The van der Waals surface area contributed by atoms with Crippen LogP contribution in [0, 0.1) is 11.7 Å². The molecule has 5 rings (SSSR count). The zero-order valence-corrected chi connectivity index (χ0v) is 23.5. The van der Waals surface area contributed by atoms with Gasteiger partial charge in [-0.2, -0.15) is 5.10 Å². The van der Waals surface area contributed by atoms with Crippen molar-refractivity contribution in [3.05, 3.63) is 95.8 Å². The van der Waals surface area contributed by atoms with Crippen LogP contribution in [0.5, 0.6) is 5.75 Å². The highest BCUT2D eigenvalue weighted by Crippen LogP contribution is 2.48. The van der Waals surface area contributed by atoms with Crippen LogP contribution in [0.25, 0.3) is 16.9 Å². The third-order valence-electron chi connectivity index (χ3n) is 6.61. The predicted molar refractivity (Wildman–Crippen MR) is 156 cm³/mol. The van der Waals surface area contributed by atoms with Crippen molar-refractivity contribution in [3.63, 3.8) is 0 Å². The maximum Gasteiger partial charge on any atom is 0.240 e. The molecule has 1 aliphatic rings. The Hall–Kier alpha value is -4.11. The van der Waals surface area contributed by atoms with Crippen molar-refractivity contribution in [1.82, 2.24) is 15.1 Å². The van der Waals surface area contributed by atoms with Crippen molar-refractivity contribution in [3.8, 4) is 22.7 Å². The lowest BCUT2D eigenvalue weighted by molar-refractivity contribution is -0.123. The number of nitrogens with one attached hydrogen (secondary N) is 1. The summed E-state index contributed by atoms with van der Waals surface area (Å²) in [7, 11) is 1.60. The summed E-state index contributed by atoms with van der Waals surface area (Å²) in [5.74, 6) is 0.715. The zero-order chi connectivity index (χ0) is 28.2. The molecule has 1 atom stereocenters. The van der Waals surface area contributed by atoms with Gasteiger partial charge in [0.25, 0.3) is 0 Å². The first-order valence-electron chi connectivity index (χ1n) is 13.1. The average molecular weight is 559 g/mol. The van der Waals surface area contributed by atoms with Crippen LogP contribution in [0.2, 0.25) is 0 Å². The number of carbonyl (C=O) groups is 2. The van der Waals surface area contributed by atoms with Crippen molar-refractivity contribution >= 4 is 29.4 Å². The van der Waals surface area contributed by atoms with Gasteiger partial charge in [-0.3, -0.25) is 14.5 Å². The summed E-state index contributed by atoms with van der Waals surface area (Å²) in [6.07, 6.45) is 0. The van der Waals surface area contributed by atoms with Crippen LogP contribution >= 0.6 is 11.8 Å². The highest BCUT2D eigenvalue weighted by atomic mass is 32.2. The summed E-state index contributed by atoms with van der Waals surface area (Å²) < 4.78 is 21.5. The Labute approximate surface area is 237 Å². The molecular formula is C31H31FN4O3S. The van der Waals surface area contributed by atoms with Gasteiger partial charge in [-0.1, -0.05) is 56.3 Å². The van der Waals surface area contributed by atoms with E-state index in [1.54, 1.807) is 17.9 Å². The van der Waals surface area contributed by atoms with Crippen molar-refractivity contribution in [2.75, 3.05) is 30.9 Å². The van der Waals surface area contributed by atoms with Gasteiger partial charge in [-0.15, -0.1) is 11.8 Å². The molecule has 4 aromatic rings. The summed E-state index contributed by atoms with van der Waals surface area (Å²) >= 11 is 1.41. The van der Waals surface area contributed by atoms with Gasteiger partial charge in [0, 0.05) is 17.7 Å². The number of thioether (sulfide) groups is 1. The SMILES string of the molecule is COc1ccc(-n2nc(-c3ccccc3)c3c2N(CC(=O)NCC(C)C)C(=O)CSC3c2cccc(F)c2)cc1. The van der Waals surface area contributed by atoms with E-state index in [9.17, 15) is 14.0 Å². The zero-order valence-electron chi connectivity index (χ0n) is 22.6. The molecule has 0 radical (unpaired) electrons. The second kappa shape index (κ2) is 12.0. The molecule has 9 heteroatoms. The molecule has 7 nitrogen and oxygen atoms in total. The molecule has 40 heavy (non-hydrogen) atoms. The van der Waals surface area contributed by atoms with Crippen LogP contribution in [0.3, 0.4) is 0 Å². The molecule has 0 spiro atoms. The summed E-state index contributed by atoms with van der Waals surface area (Å²) in [6, 6.07) is 23.5. The Morgan fingerprint density at radius 2 is 1.85 bits per heavy atom. The number of benzene rings is 3. The van der Waals surface area contributed by atoms with E-state index in [0.29, 0.717) is 29.5 Å². The molecule has 2 heterocycles. The highest BCUT2D eigenvalue weighted by Gasteiger charge is 2.37. The van der Waals surface area contributed by atoms with Crippen LogP contribution < -0.4 is 15.0 Å². The topological polar surface area (TPSA) is 76.5 Å². The smallest absolute Gasteiger partial charge is 0.240 e. The van der Waals surface area contributed by atoms with Gasteiger partial charge in [0.1, 0.15) is 23.9 Å². The van der Waals surface area contributed by atoms with E-state index >= 15 is 0 Å². The first kappa shape index (κ1) is 27.5.